The standard InChI is InChI=1S/C20H25BrN2O2.C2H2O4/c1-14-5-4-6-18(15(14)2)23-9-7-22(8-10-23)13-16-11-17(21)20(24)19(12-16)25-3;3-1(4)2(5)6/h4-6,11-12,24H,7-10,13H2,1-3H3;(H,3,4)(H,5,6). The molecule has 0 aliphatic carbocycles. The molecule has 0 bridgehead atoms. The number of rotatable bonds is 4. The van der Waals surface area contributed by atoms with Crippen molar-refractivity contribution < 1.29 is 29.6 Å². The van der Waals surface area contributed by atoms with Crippen LogP contribution in [0.3, 0.4) is 0 Å². The molecule has 1 fully saturated rings. The SMILES string of the molecule is COc1cc(CN2CCN(c3cccc(C)c3C)CC2)cc(Br)c1O.O=C(O)C(=O)O. The lowest BCUT2D eigenvalue weighted by Crippen LogP contribution is -2.46. The molecule has 0 atom stereocenters. The molecule has 3 rings (SSSR count). The number of piperazine rings is 1. The van der Waals surface area contributed by atoms with Crippen molar-refractivity contribution in [2.45, 2.75) is 20.4 Å². The number of phenolic OH excluding ortho intramolecular Hbond substituents is 1. The van der Waals surface area contributed by atoms with Gasteiger partial charge in [-0.25, -0.2) is 9.59 Å². The van der Waals surface area contributed by atoms with Crippen LogP contribution in [0.25, 0.3) is 0 Å². The number of anilines is 1. The molecule has 2 aromatic carbocycles. The van der Waals surface area contributed by atoms with E-state index in [2.05, 4.69) is 57.8 Å². The Labute approximate surface area is 189 Å². The lowest BCUT2D eigenvalue weighted by molar-refractivity contribution is -0.159. The van der Waals surface area contributed by atoms with E-state index in [0.29, 0.717) is 10.2 Å². The Kier molecular flexibility index (Phi) is 8.70. The molecule has 0 spiro atoms. The normalized spacial score (nSPS) is 13.9. The highest BCUT2D eigenvalue weighted by Gasteiger charge is 2.19. The van der Waals surface area contributed by atoms with Gasteiger partial charge in [-0.3, -0.25) is 4.90 Å². The summed E-state index contributed by atoms with van der Waals surface area (Å²) in [6, 6.07) is 10.4. The number of nitrogens with zero attached hydrogens (tertiary/aromatic N) is 2. The molecule has 0 saturated carbocycles. The third-order valence-corrected chi connectivity index (χ3v) is 5.79. The fourth-order valence-electron chi connectivity index (χ4n) is 3.36. The first-order chi connectivity index (χ1) is 14.6. The average Bonchev–Trinajstić information content (AvgIpc) is 2.73. The largest absolute Gasteiger partial charge is 0.503 e. The zero-order valence-electron chi connectivity index (χ0n) is 17.8. The molecule has 3 N–H and O–H groups in total. The number of phenols is 1. The summed E-state index contributed by atoms with van der Waals surface area (Å²) in [5.74, 6) is -2.98. The number of aliphatic carboxylic acids is 2. The highest BCUT2D eigenvalue weighted by Crippen LogP contribution is 2.35. The molecule has 1 saturated heterocycles. The van der Waals surface area contributed by atoms with Crippen LogP contribution in [0.4, 0.5) is 5.69 Å². The Balaban J connectivity index is 0.000000501. The van der Waals surface area contributed by atoms with Crippen LogP contribution in [0.5, 0.6) is 11.5 Å². The minimum absolute atomic E-state index is 0.158. The number of aromatic hydroxyl groups is 1. The van der Waals surface area contributed by atoms with E-state index in [1.807, 2.05) is 12.1 Å². The monoisotopic (exact) mass is 494 g/mol. The van der Waals surface area contributed by atoms with Gasteiger partial charge in [0, 0.05) is 38.4 Å². The Bertz CT molecular complexity index is 930. The Hall–Kier alpha value is -2.78. The molecule has 9 heteroatoms. The summed E-state index contributed by atoms with van der Waals surface area (Å²) in [6.45, 7) is 9.34. The molecule has 1 heterocycles. The van der Waals surface area contributed by atoms with Crippen LogP contribution in [0.15, 0.2) is 34.8 Å². The minimum atomic E-state index is -1.82. The zero-order chi connectivity index (χ0) is 23.1. The van der Waals surface area contributed by atoms with E-state index in [1.165, 1.54) is 16.8 Å². The maximum Gasteiger partial charge on any atom is 0.414 e. The van der Waals surface area contributed by atoms with Gasteiger partial charge in [0.05, 0.1) is 11.6 Å². The van der Waals surface area contributed by atoms with Gasteiger partial charge in [-0.2, -0.15) is 0 Å². The van der Waals surface area contributed by atoms with Crippen LogP contribution in [0.2, 0.25) is 0 Å². The highest BCUT2D eigenvalue weighted by atomic mass is 79.9. The second-order valence-corrected chi connectivity index (χ2v) is 8.08. The van der Waals surface area contributed by atoms with Gasteiger partial charge < -0.3 is 25.0 Å². The molecule has 0 unspecified atom stereocenters. The number of hydrogen-bond donors (Lipinski definition) is 3. The predicted molar refractivity (Wildman–Crippen MR) is 121 cm³/mol. The van der Waals surface area contributed by atoms with E-state index in [4.69, 9.17) is 24.5 Å². The third kappa shape index (κ3) is 6.60. The van der Waals surface area contributed by atoms with Gasteiger partial charge in [-0.05, 0) is 64.7 Å². The van der Waals surface area contributed by atoms with Gasteiger partial charge in [0.1, 0.15) is 0 Å². The summed E-state index contributed by atoms with van der Waals surface area (Å²) in [6.07, 6.45) is 0. The first-order valence-electron chi connectivity index (χ1n) is 9.69. The Morgan fingerprint density at radius 2 is 1.68 bits per heavy atom. The van der Waals surface area contributed by atoms with Crippen molar-refractivity contribution in [3.05, 3.63) is 51.5 Å². The van der Waals surface area contributed by atoms with Gasteiger partial charge in [0.25, 0.3) is 0 Å². The van der Waals surface area contributed by atoms with Gasteiger partial charge in [-0.15, -0.1) is 0 Å². The predicted octanol–water partition coefficient (Wildman–Crippen LogP) is 3.26. The van der Waals surface area contributed by atoms with Crippen molar-refractivity contribution >= 4 is 33.6 Å². The van der Waals surface area contributed by atoms with Crippen LogP contribution >= 0.6 is 15.9 Å². The molecule has 8 nitrogen and oxygen atoms in total. The van der Waals surface area contributed by atoms with Crippen molar-refractivity contribution in [3.8, 4) is 11.5 Å². The summed E-state index contributed by atoms with van der Waals surface area (Å²) in [7, 11) is 1.58. The molecule has 31 heavy (non-hydrogen) atoms. The van der Waals surface area contributed by atoms with Crippen LogP contribution in [0, 0.1) is 13.8 Å². The first kappa shape index (κ1) is 24.5. The molecule has 168 valence electrons. The number of methoxy groups -OCH3 is 1. The van der Waals surface area contributed by atoms with Gasteiger partial charge in [0.15, 0.2) is 11.5 Å². The van der Waals surface area contributed by atoms with E-state index in [-0.39, 0.29) is 5.75 Å². The fraction of sp³-hybridized carbons (Fsp3) is 0.364. The quantitative estimate of drug-likeness (QED) is 0.555. The topological polar surface area (TPSA) is 111 Å². The van der Waals surface area contributed by atoms with Crippen LogP contribution in [0.1, 0.15) is 16.7 Å². The lowest BCUT2D eigenvalue weighted by atomic mass is 10.1. The second-order valence-electron chi connectivity index (χ2n) is 7.22. The molecule has 0 aromatic heterocycles. The maximum absolute atomic E-state index is 9.94. The van der Waals surface area contributed by atoms with Gasteiger partial charge >= 0.3 is 11.9 Å². The molecule has 0 radical (unpaired) electrons. The third-order valence-electron chi connectivity index (χ3n) is 5.19. The van der Waals surface area contributed by atoms with Crippen LogP contribution in [-0.4, -0.2) is 65.4 Å². The number of carboxylic acid groups (broad SMARTS) is 2. The number of halogens is 1. The van der Waals surface area contributed by atoms with Gasteiger partial charge in [-0.1, -0.05) is 12.1 Å². The Morgan fingerprint density at radius 1 is 1.06 bits per heavy atom. The van der Waals surface area contributed by atoms with E-state index in [0.717, 1.165) is 38.3 Å². The van der Waals surface area contributed by atoms with E-state index in [1.54, 1.807) is 7.11 Å². The molecule has 2 aromatic rings. The lowest BCUT2D eigenvalue weighted by Gasteiger charge is -2.37. The maximum atomic E-state index is 9.94. The molecule has 1 aliphatic rings. The van der Waals surface area contributed by atoms with Crippen molar-refractivity contribution in [1.82, 2.24) is 4.90 Å². The van der Waals surface area contributed by atoms with Crippen molar-refractivity contribution in [2.24, 2.45) is 0 Å². The molecule has 0 amide bonds. The van der Waals surface area contributed by atoms with Crippen LogP contribution in [-0.2, 0) is 16.1 Å². The number of carboxylic acids is 2. The number of ether oxygens (including phenoxy) is 1. The number of benzene rings is 2. The summed E-state index contributed by atoms with van der Waals surface area (Å²) in [5, 5.41) is 24.7. The summed E-state index contributed by atoms with van der Waals surface area (Å²) in [5.41, 5.74) is 5.22. The molecular weight excluding hydrogens is 468 g/mol. The Morgan fingerprint density at radius 3 is 2.23 bits per heavy atom. The summed E-state index contributed by atoms with van der Waals surface area (Å²) >= 11 is 3.40. The van der Waals surface area contributed by atoms with Crippen molar-refractivity contribution in [1.29, 1.82) is 0 Å². The van der Waals surface area contributed by atoms with E-state index >= 15 is 0 Å². The summed E-state index contributed by atoms with van der Waals surface area (Å²) in [4.78, 5) is 23.1. The minimum Gasteiger partial charge on any atom is -0.503 e. The number of aryl methyl sites for hydroxylation is 1. The first-order valence-corrected chi connectivity index (χ1v) is 10.5. The summed E-state index contributed by atoms with van der Waals surface area (Å²) < 4.78 is 5.92. The highest BCUT2D eigenvalue weighted by molar-refractivity contribution is 9.10. The van der Waals surface area contributed by atoms with E-state index in [9.17, 15) is 5.11 Å². The van der Waals surface area contributed by atoms with E-state index < -0.39 is 11.9 Å². The smallest absolute Gasteiger partial charge is 0.414 e. The van der Waals surface area contributed by atoms with Gasteiger partial charge in [0.2, 0.25) is 0 Å². The average molecular weight is 495 g/mol. The molecule has 1 aliphatic heterocycles. The number of carbonyl (C=O) groups is 2. The van der Waals surface area contributed by atoms with Crippen molar-refractivity contribution in [3.63, 3.8) is 0 Å². The fourth-order valence-corrected chi connectivity index (χ4v) is 3.85. The number of hydrogen-bond acceptors (Lipinski definition) is 6. The second kappa shape index (κ2) is 11.0. The zero-order valence-corrected chi connectivity index (χ0v) is 19.3. The molecular formula is C22H27BrN2O6. The van der Waals surface area contributed by atoms with Crippen molar-refractivity contribution in [2.75, 3.05) is 38.2 Å². The van der Waals surface area contributed by atoms with Crippen LogP contribution < -0.4 is 9.64 Å².